The number of ether oxygens (including phenoxy) is 1. The van der Waals surface area contributed by atoms with E-state index in [1.807, 2.05) is 0 Å². The highest BCUT2D eigenvalue weighted by Crippen LogP contribution is 2.22. The highest BCUT2D eigenvalue weighted by atomic mass is 32.1. The number of fused-ring (bicyclic) bond motifs is 1. The van der Waals surface area contributed by atoms with Gasteiger partial charge in [0.2, 0.25) is 5.88 Å². The van der Waals surface area contributed by atoms with E-state index in [1.54, 1.807) is 77.7 Å². The summed E-state index contributed by atoms with van der Waals surface area (Å²) in [6, 6.07) is 17.5. The second-order valence-electron chi connectivity index (χ2n) is 6.23. The molecule has 0 saturated carbocycles. The minimum Gasteiger partial charge on any atom is -0.438 e. The maximum Gasteiger partial charge on any atom is 0.255 e. The molecule has 0 saturated heterocycles. The van der Waals surface area contributed by atoms with Gasteiger partial charge in [-0.1, -0.05) is 0 Å². The molecule has 0 aliphatic carbocycles. The molecule has 5 aromatic rings. The first-order valence-electron chi connectivity index (χ1n) is 8.90. The standard InChI is InChI=1S/C20H13N7O2S/c28-20(13-2-7-16-17(12-13)26-30-25-16)22-14-3-5-15(6-4-14)29-19-9-8-18(23-24-19)27-11-1-10-21-27/h1-12H,(H,22,28). The maximum absolute atomic E-state index is 12.5. The molecule has 0 radical (unpaired) electrons. The number of benzene rings is 2. The Balaban J connectivity index is 1.24. The van der Waals surface area contributed by atoms with Crippen LogP contribution in [0.4, 0.5) is 5.69 Å². The summed E-state index contributed by atoms with van der Waals surface area (Å²) in [4.78, 5) is 12.5. The van der Waals surface area contributed by atoms with Crippen molar-refractivity contribution in [1.82, 2.24) is 28.7 Å². The van der Waals surface area contributed by atoms with Crippen LogP contribution in [0.25, 0.3) is 16.9 Å². The largest absolute Gasteiger partial charge is 0.438 e. The van der Waals surface area contributed by atoms with E-state index in [4.69, 9.17) is 4.74 Å². The predicted molar refractivity (Wildman–Crippen MR) is 111 cm³/mol. The number of amides is 1. The molecule has 0 aliphatic rings. The van der Waals surface area contributed by atoms with E-state index in [-0.39, 0.29) is 5.91 Å². The Bertz CT molecular complexity index is 1300. The molecule has 3 heterocycles. The fourth-order valence-electron chi connectivity index (χ4n) is 2.75. The minimum atomic E-state index is -0.223. The van der Waals surface area contributed by atoms with Crippen LogP contribution >= 0.6 is 11.7 Å². The molecule has 1 amide bonds. The summed E-state index contributed by atoms with van der Waals surface area (Å²) in [5, 5.41) is 15.1. The van der Waals surface area contributed by atoms with Gasteiger partial charge in [-0.05, 0) is 54.6 Å². The normalized spacial score (nSPS) is 10.8. The van der Waals surface area contributed by atoms with E-state index in [0.717, 1.165) is 17.2 Å². The summed E-state index contributed by atoms with van der Waals surface area (Å²) >= 11 is 1.12. The Hall–Kier alpha value is -4.18. The molecule has 9 nitrogen and oxygen atoms in total. The number of hydrogen-bond donors (Lipinski definition) is 1. The third-order valence-corrected chi connectivity index (χ3v) is 4.77. The molecule has 0 atom stereocenters. The lowest BCUT2D eigenvalue weighted by atomic mass is 10.2. The first-order valence-corrected chi connectivity index (χ1v) is 9.63. The van der Waals surface area contributed by atoms with Crippen LogP contribution in [0.15, 0.2) is 73.1 Å². The number of nitrogens with one attached hydrogen (secondary N) is 1. The molecule has 0 spiro atoms. The van der Waals surface area contributed by atoms with Crippen LogP contribution < -0.4 is 10.1 Å². The number of carbonyl (C=O) groups excluding carboxylic acids is 1. The summed E-state index contributed by atoms with van der Waals surface area (Å²) in [5.41, 5.74) is 2.64. The molecular formula is C20H13N7O2S. The highest BCUT2D eigenvalue weighted by molar-refractivity contribution is 7.00. The number of nitrogens with zero attached hydrogens (tertiary/aromatic N) is 6. The molecule has 3 aromatic heterocycles. The Morgan fingerprint density at radius 3 is 2.60 bits per heavy atom. The molecule has 5 rings (SSSR count). The second-order valence-corrected chi connectivity index (χ2v) is 6.76. The van der Waals surface area contributed by atoms with E-state index in [9.17, 15) is 4.79 Å². The van der Waals surface area contributed by atoms with Gasteiger partial charge in [-0.25, -0.2) is 4.68 Å². The van der Waals surface area contributed by atoms with Crippen molar-refractivity contribution in [1.29, 1.82) is 0 Å². The fraction of sp³-hybridized carbons (Fsp3) is 0. The first kappa shape index (κ1) is 17.9. The lowest BCUT2D eigenvalue weighted by Gasteiger charge is -2.08. The van der Waals surface area contributed by atoms with Crippen LogP contribution in [0.2, 0.25) is 0 Å². The van der Waals surface area contributed by atoms with Crippen LogP contribution in [0, 0.1) is 0 Å². The molecular weight excluding hydrogens is 402 g/mol. The van der Waals surface area contributed by atoms with Crippen molar-refractivity contribution < 1.29 is 9.53 Å². The molecule has 0 bridgehead atoms. The molecule has 10 heteroatoms. The van der Waals surface area contributed by atoms with Gasteiger partial charge in [0.25, 0.3) is 5.91 Å². The topological polar surface area (TPSA) is 108 Å². The molecule has 2 aromatic carbocycles. The van der Waals surface area contributed by atoms with E-state index in [0.29, 0.717) is 34.2 Å². The quantitative estimate of drug-likeness (QED) is 0.466. The van der Waals surface area contributed by atoms with Crippen LogP contribution in [-0.4, -0.2) is 34.6 Å². The number of rotatable bonds is 5. The van der Waals surface area contributed by atoms with Gasteiger partial charge in [-0.3, -0.25) is 4.79 Å². The van der Waals surface area contributed by atoms with Crippen LogP contribution in [0.3, 0.4) is 0 Å². The van der Waals surface area contributed by atoms with Crippen molar-refractivity contribution in [3.63, 3.8) is 0 Å². The van der Waals surface area contributed by atoms with Gasteiger partial charge in [-0.2, -0.15) is 13.8 Å². The zero-order valence-corrected chi connectivity index (χ0v) is 16.2. The molecule has 0 aliphatic heterocycles. The van der Waals surface area contributed by atoms with Gasteiger partial charge in [0, 0.05) is 29.7 Å². The van der Waals surface area contributed by atoms with Gasteiger partial charge >= 0.3 is 0 Å². The monoisotopic (exact) mass is 415 g/mol. The molecule has 1 N–H and O–H groups in total. The van der Waals surface area contributed by atoms with E-state index >= 15 is 0 Å². The average molecular weight is 415 g/mol. The van der Waals surface area contributed by atoms with Crippen molar-refractivity contribution in [3.05, 3.63) is 78.6 Å². The third-order valence-electron chi connectivity index (χ3n) is 4.22. The SMILES string of the molecule is O=C(Nc1ccc(Oc2ccc(-n3cccn3)nn2)cc1)c1ccc2nsnc2c1. The maximum atomic E-state index is 12.5. The third kappa shape index (κ3) is 3.71. The van der Waals surface area contributed by atoms with Crippen molar-refractivity contribution in [3.8, 4) is 17.4 Å². The number of anilines is 1. The average Bonchev–Trinajstić information content (AvgIpc) is 3.47. The fourth-order valence-corrected chi connectivity index (χ4v) is 3.27. The molecule has 0 unspecified atom stereocenters. The summed E-state index contributed by atoms with van der Waals surface area (Å²) in [5.74, 6) is 1.30. The van der Waals surface area contributed by atoms with Crippen molar-refractivity contribution >= 4 is 34.4 Å². The van der Waals surface area contributed by atoms with E-state index < -0.39 is 0 Å². The highest BCUT2D eigenvalue weighted by Gasteiger charge is 2.09. The van der Waals surface area contributed by atoms with Crippen molar-refractivity contribution in [2.24, 2.45) is 0 Å². The first-order chi connectivity index (χ1) is 14.7. The Morgan fingerprint density at radius 1 is 0.967 bits per heavy atom. The lowest BCUT2D eigenvalue weighted by Crippen LogP contribution is -2.11. The summed E-state index contributed by atoms with van der Waals surface area (Å²) < 4.78 is 15.6. The molecule has 0 fully saturated rings. The lowest BCUT2D eigenvalue weighted by molar-refractivity contribution is 0.102. The minimum absolute atomic E-state index is 0.223. The zero-order chi connectivity index (χ0) is 20.3. The van der Waals surface area contributed by atoms with E-state index in [2.05, 4.69) is 29.4 Å². The van der Waals surface area contributed by atoms with Crippen LogP contribution in [0.1, 0.15) is 10.4 Å². The molecule has 146 valence electrons. The van der Waals surface area contributed by atoms with Crippen molar-refractivity contribution in [2.45, 2.75) is 0 Å². The van der Waals surface area contributed by atoms with E-state index in [1.165, 1.54) is 0 Å². The second kappa shape index (κ2) is 7.68. The Labute approximate surface area is 174 Å². The zero-order valence-electron chi connectivity index (χ0n) is 15.3. The van der Waals surface area contributed by atoms with Crippen LogP contribution in [-0.2, 0) is 0 Å². The van der Waals surface area contributed by atoms with Gasteiger partial charge in [0.05, 0.1) is 11.7 Å². The van der Waals surface area contributed by atoms with Gasteiger partial charge < -0.3 is 10.1 Å². The summed E-state index contributed by atoms with van der Waals surface area (Å²) in [6.45, 7) is 0. The number of carbonyl (C=O) groups is 1. The van der Waals surface area contributed by atoms with Crippen LogP contribution in [0.5, 0.6) is 11.6 Å². The number of hydrogen-bond acceptors (Lipinski definition) is 8. The van der Waals surface area contributed by atoms with Gasteiger partial charge in [-0.15, -0.1) is 10.2 Å². The summed E-state index contributed by atoms with van der Waals surface area (Å²) in [6.07, 6.45) is 3.45. The van der Waals surface area contributed by atoms with Gasteiger partial charge in [0.15, 0.2) is 5.82 Å². The predicted octanol–water partition coefficient (Wildman–Crippen LogP) is 3.71. The van der Waals surface area contributed by atoms with Gasteiger partial charge in [0.1, 0.15) is 16.8 Å². The molecule has 30 heavy (non-hydrogen) atoms. The Morgan fingerprint density at radius 2 is 1.83 bits per heavy atom. The number of aromatic nitrogens is 6. The Kier molecular flexibility index (Phi) is 4.58. The van der Waals surface area contributed by atoms with Crippen molar-refractivity contribution in [2.75, 3.05) is 5.32 Å². The smallest absolute Gasteiger partial charge is 0.255 e. The summed E-state index contributed by atoms with van der Waals surface area (Å²) in [7, 11) is 0.